The predicted molar refractivity (Wildman–Crippen MR) is 64.7 cm³/mol. The van der Waals surface area contributed by atoms with Gasteiger partial charge in [-0.05, 0) is 30.9 Å². The van der Waals surface area contributed by atoms with Gasteiger partial charge in [0.15, 0.2) is 12.0 Å². The summed E-state index contributed by atoms with van der Waals surface area (Å²) in [5.41, 5.74) is 1.73. The van der Waals surface area contributed by atoms with Gasteiger partial charge in [0.25, 0.3) is 0 Å². The second kappa shape index (κ2) is 4.67. The lowest BCUT2D eigenvalue weighted by Gasteiger charge is -2.27. The summed E-state index contributed by atoms with van der Waals surface area (Å²) in [5, 5.41) is 3.26. The van der Waals surface area contributed by atoms with E-state index in [1.165, 1.54) is 0 Å². The van der Waals surface area contributed by atoms with Crippen LogP contribution in [0.5, 0.6) is 0 Å². The number of allylic oxidation sites excluding steroid dienone is 1. The summed E-state index contributed by atoms with van der Waals surface area (Å²) in [7, 11) is 0. The first kappa shape index (κ1) is 12.7. The Morgan fingerprint density at radius 2 is 2.21 bits per heavy atom. The topological polar surface area (TPSA) is 33.6 Å². The van der Waals surface area contributed by atoms with E-state index in [9.17, 15) is 13.2 Å². The maximum absolute atomic E-state index is 12.4. The van der Waals surface area contributed by atoms with E-state index in [2.05, 4.69) is 10.3 Å². The van der Waals surface area contributed by atoms with Crippen LogP contribution in [0.15, 0.2) is 28.4 Å². The highest BCUT2D eigenvalue weighted by Gasteiger charge is 2.40. The second-order valence-corrected chi connectivity index (χ2v) is 5.05. The Balaban J connectivity index is 1.79. The number of rotatable bonds is 1. The number of hydrogen-bond acceptors (Lipinski definition) is 3. The van der Waals surface area contributed by atoms with Crippen LogP contribution in [-0.2, 0) is 4.74 Å². The molecule has 3 rings (SSSR count). The molecule has 0 bridgehead atoms. The summed E-state index contributed by atoms with van der Waals surface area (Å²) in [6.45, 7) is 1.67. The van der Waals surface area contributed by atoms with E-state index in [1.54, 1.807) is 0 Å². The molecule has 2 aliphatic heterocycles. The average molecular weight is 272 g/mol. The van der Waals surface area contributed by atoms with Gasteiger partial charge in [-0.25, -0.2) is 4.99 Å². The molecule has 0 saturated heterocycles. The number of ether oxygens (including phenoxy) is 1. The normalized spacial score (nSPS) is 30.4. The SMILES string of the molecule is FC(F)(F)CC1=NC2=CCC3CCNCC=C3C2O1. The highest BCUT2D eigenvalue weighted by molar-refractivity contribution is 5.81. The van der Waals surface area contributed by atoms with Crippen LogP contribution in [0.3, 0.4) is 0 Å². The molecule has 0 radical (unpaired) electrons. The highest BCUT2D eigenvalue weighted by Crippen LogP contribution is 2.39. The van der Waals surface area contributed by atoms with Crippen LogP contribution in [-0.4, -0.2) is 31.3 Å². The van der Waals surface area contributed by atoms with Crippen LogP contribution in [0.4, 0.5) is 13.2 Å². The van der Waals surface area contributed by atoms with Crippen LogP contribution in [0.1, 0.15) is 19.3 Å². The van der Waals surface area contributed by atoms with E-state index in [0.29, 0.717) is 11.6 Å². The highest BCUT2D eigenvalue weighted by atomic mass is 19.4. The fraction of sp³-hybridized carbons (Fsp3) is 0.615. The van der Waals surface area contributed by atoms with Gasteiger partial charge < -0.3 is 10.1 Å². The molecule has 0 amide bonds. The first-order valence-electron chi connectivity index (χ1n) is 6.44. The molecular formula is C13H15F3N2O. The number of halogens is 3. The standard InChI is InChI=1S/C13H15F3N2O/c14-13(15,16)7-11-18-10-2-1-8-3-5-17-6-4-9(8)12(10)19-11/h2,4,8,12,17H,1,3,5-7H2. The van der Waals surface area contributed by atoms with Crippen molar-refractivity contribution in [1.29, 1.82) is 0 Å². The Labute approximate surface area is 109 Å². The maximum atomic E-state index is 12.4. The summed E-state index contributed by atoms with van der Waals surface area (Å²) < 4.78 is 42.6. The first-order chi connectivity index (χ1) is 9.03. The van der Waals surface area contributed by atoms with Crippen molar-refractivity contribution in [2.75, 3.05) is 13.1 Å². The van der Waals surface area contributed by atoms with Crippen molar-refractivity contribution >= 4 is 5.90 Å². The molecule has 0 aromatic rings. The van der Waals surface area contributed by atoms with Crippen molar-refractivity contribution < 1.29 is 17.9 Å². The summed E-state index contributed by atoms with van der Waals surface area (Å²) in [6.07, 6.45) is 0.0390. The third-order valence-corrected chi connectivity index (χ3v) is 3.67. The fourth-order valence-electron chi connectivity index (χ4n) is 2.81. The molecule has 0 spiro atoms. The van der Waals surface area contributed by atoms with Crippen LogP contribution >= 0.6 is 0 Å². The maximum Gasteiger partial charge on any atom is 0.397 e. The molecule has 0 aromatic heterocycles. The van der Waals surface area contributed by atoms with Gasteiger partial charge in [-0.3, -0.25) is 0 Å². The van der Waals surface area contributed by atoms with Crippen molar-refractivity contribution in [3.63, 3.8) is 0 Å². The van der Waals surface area contributed by atoms with Gasteiger partial charge in [0.05, 0.1) is 5.70 Å². The molecule has 0 fully saturated rings. The Bertz CT molecular complexity index is 465. The zero-order chi connectivity index (χ0) is 13.5. The zero-order valence-electron chi connectivity index (χ0n) is 10.3. The molecule has 0 saturated carbocycles. The number of fused-ring (bicyclic) bond motifs is 3. The summed E-state index contributed by atoms with van der Waals surface area (Å²) in [6, 6.07) is 0. The van der Waals surface area contributed by atoms with E-state index >= 15 is 0 Å². The van der Waals surface area contributed by atoms with E-state index in [0.717, 1.165) is 31.5 Å². The molecule has 1 aliphatic carbocycles. The van der Waals surface area contributed by atoms with Crippen molar-refractivity contribution in [2.24, 2.45) is 10.9 Å². The third kappa shape index (κ3) is 2.68. The molecule has 2 atom stereocenters. The molecular weight excluding hydrogens is 257 g/mol. The van der Waals surface area contributed by atoms with Gasteiger partial charge in [0, 0.05) is 6.54 Å². The van der Waals surface area contributed by atoms with Crippen molar-refractivity contribution in [3.05, 3.63) is 23.4 Å². The van der Waals surface area contributed by atoms with E-state index in [1.807, 2.05) is 12.2 Å². The minimum absolute atomic E-state index is 0.206. The monoisotopic (exact) mass is 272 g/mol. The minimum atomic E-state index is -4.27. The van der Waals surface area contributed by atoms with Gasteiger partial charge in [-0.2, -0.15) is 13.2 Å². The van der Waals surface area contributed by atoms with Gasteiger partial charge in [-0.15, -0.1) is 0 Å². The Kier molecular flexibility index (Phi) is 3.12. The van der Waals surface area contributed by atoms with Crippen molar-refractivity contribution in [1.82, 2.24) is 5.32 Å². The smallest absolute Gasteiger partial charge is 0.397 e. The van der Waals surface area contributed by atoms with Gasteiger partial charge in [0.1, 0.15) is 6.42 Å². The van der Waals surface area contributed by atoms with E-state index < -0.39 is 18.7 Å². The predicted octanol–water partition coefficient (Wildman–Crippen LogP) is 2.56. The Morgan fingerprint density at radius 3 is 3.00 bits per heavy atom. The lowest BCUT2D eigenvalue weighted by Crippen LogP contribution is -2.25. The Hall–Kier alpha value is -1.30. The van der Waals surface area contributed by atoms with Crippen LogP contribution in [0, 0.1) is 5.92 Å². The molecule has 2 unspecified atom stereocenters. The fourth-order valence-corrected chi connectivity index (χ4v) is 2.81. The molecule has 104 valence electrons. The van der Waals surface area contributed by atoms with Gasteiger partial charge >= 0.3 is 6.18 Å². The molecule has 19 heavy (non-hydrogen) atoms. The number of nitrogens with zero attached hydrogens (tertiary/aromatic N) is 1. The average Bonchev–Trinajstić information content (AvgIpc) is 2.56. The largest absolute Gasteiger partial charge is 0.466 e. The zero-order valence-corrected chi connectivity index (χ0v) is 10.3. The van der Waals surface area contributed by atoms with Crippen molar-refractivity contribution in [3.8, 4) is 0 Å². The molecule has 6 heteroatoms. The molecule has 2 heterocycles. The van der Waals surface area contributed by atoms with Crippen molar-refractivity contribution in [2.45, 2.75) is 31.5 Å². The number of nitrogens with one attached hydrogen (secondary N) is 1. The Morgan fingerprint density at radius 1 is 1.37 bits per heavy atom. The molecule has 1 N–H and O–H groups in total. The quantitative estimate of drug-likeness (QED) is 0.744. The van der Waals surface area contributed by atoms with Crippen LogP contribution in [0.2, 0.25) is 0 Å². The summed E-state index contributed by atoms with van der Waals surface area (Å²) in [4.78, 5) is 3.99. The van der Waals surface area contributed by atoms with Crippen LogP contribution < -0.4 is 5.32 Å². The summed E-state index contributed by atoms with van der Waals surface area (Å²) in [5.74, 6) is 0.159. The van der Waals surface area contributed by atoms with Crippen LogP contribution in [0.25, 0.3) is 0 Å². The number of hydrogen-bond donors (Lipinski definition) is 1. The van der Waals surface area contributed by atoms with Gasteiger partial charge in [0.2, 0.25) is 0 Å². The van der Waals surface area contributed by atoms with Gasteiger partial charge in [-0.1, -0.05) is 12.2 Å². The molecule has 3 nitrogen and oxygen atoms in total. The molecule has 3 aliphatic rings. The number of alkyl halides is 3. The molecule has 0 aromatic carbocycles. The second-order valence-electron chi connectivity index (χ2n) is 5.05. The first-order valence-corrected chi connectivity index (χ1v) is 6.44. The van der Waals surface area contributed by atoms with E-state index in [4.69, 9.17) is 4.74 Å². The lowest BCUT2D eigenvalue weighted by molar-refractivity contribution is -0.124. The summed E-state index contributed by atoms with van der Waals surface area (Å²) >= 11 is 0. The minimum Gasteiger partial charge on any atom is -0.466 e. The number of aliphatic imine (C=N–C) groups is 1. The lowest BCUT2D eigenvalue weighted by atomic mass is 9.83. The van der Waals surface area contributed by atoms with E-state index in [-0.39, 0.29) is 5.90 Å². The third-order valence-electron chi connectivity index (χ3n) is 3.67.